The molecule has 16 heavy (non-hydrogen) atoms. The van der Waals surface area contributed by atoms with Crippen LogP contribution in [-0.2, 0) is 11.0 Å². The van der Waals surface area contributed by atoms with Crippen molar-refractivity contribution in [3.05, 3.63) is 28.7 Å². The number of halogens is 2. The smallest absolute Gasteiger partial charge is 0.127 e. The number of benzene rings is 1. The van der Waals surface area contributed by atoms with Crippen LogP contribution in [0.3, 0.4) is 0 Å². The lowest BCUT2D eigenvalue weighted by molar-refractivity contribution is 0.323. The molecule has 88 valence electrons. The van der Waals surface area contributed by atoms with Crippen LogP contribution in [0.15, 0.2) is 33.6 Å². The van der Waals surface area contributed by atoms with Crippen LogP contribution >= 0.6 is 15.9 Å². The van der Waals surface area contributed by atoms with Crippen LogP contribution in [0.25, 0.3) is 0 Å². The first-order valence-corrected chi connectivity index (χ1v) is 7.12. The van der Waals surface area contributed by atoms with Crippen molar-refractivity contribution in [3.63, 3.8) is 0 Å². The molecular formula is C11H13BrFNOS. The van der Waals surface area contributed by atoms with Crippen molar-refractivity contribution >= 4 is 26.9 Å². The first-order chi connectivity index (χ1) is 7.72. The molecule has 0 amide bonds. The molecule has 1 aliphatic rings. The number of hydrogen-bond donors (Lipinski definition) is 0. The minimum absolute atomic E-state index is 0.176. The van der Waals surface area contributed by atoms with Gasteiger partial charge in [-0.25, -0.2) is 12.9 Å². The van der Waals surface area contributed by atoms with E-state index in [0.717, 1.165) is 28.8 Å². The first kappa shape index (κ1) is 12.2. The van der Waals surface area contributed by atoms with Crippen molar-refractivity contribution < 1.29 is 8.60 Å². The summed E-state index contributed by atoms with van der Waals surface area (Å²) in [5.41, 5.74) is 0. The van der Waals surface area contributed by atoms with Gasteiger partial charge in [0.05, 0.1) is 10.9 Å². The minimum atomic E-state index is -1.22. The lowest BCUT2D eigenvalue weighted by Crippen LogP contribution is -2.32. The van der Waals surface area contributed by atoms with E-state index in [4.69, 9.17) is 0 Å². The van der Waals surface area contributed by atoms with Gasteiger partial charge < -0.3 is 0 Å². The molecule has 0 aliphatic carbocycles. The Morgan fingerprint density at radius 3 is 2.75 bits per heavy atom. The normalized spacial score (nSPS) is 23.5. The first-order valence-electron chi connectivity index (χ1n) is 5.22. The molecule has 1 heterocycles. The SMILES string of the molecule is O=S(c1ccc(Br)cc1)N1CCC[C@@H]1CF. The third-order valence-electron chi connectivity index (χ3n) is 2.73. The summed E-state index contributed by atoms with van der Waals surface area (Å²) in [4.78, 5) is 0.739. The number of alkyl halides is 1. The van der Waals surface area contributed by atoms with E-state index in [2.05, 4.69) is 15.9 Å². The lowest BCUT2D eigenvalue weighted by Gasteiger charge is -2.20. The molecule has 0 radical (unpaired) electrons. The highest BCUT2D eigenvalue weighted by molar-refractivity contribution is 9.10. The van der Waals surface area contributed by atoms with Crippen molar-refractivity contribution in [3.8, 4) is 0 Å². The molecule has 2 atom stereocenters. The van der Waals surface area contributed by atoms with Crippen molar-refractivity contribution in [1.82, 2.24) is 4.31 Å². The molecule has 0 N–H and O–H groups in total. The Morgan fingerprint density at radius 1 is 1.44 bits per heavy atom. The van der Waals surface area contributed by atoms with E-state index in [1.807, 2.05) is 24.3 Å². The Kier molecular flexibility index (Phi) is 4.10. The average molecular weight is 306 g/mol. The van der Waals surface area contributed by atoms with E-state index >= 15 is 0 Å². The van der Waals surface area contributed by atoms with Crippen molar-refractivity contribution in [2.24, 2.45) is 0 Å². The summed E-state index contributed by atoms with van der Waals surface area (Å²) in [6, 6.07) is 7.16. The van der Waals surface area contributed by atoms with Gasteiger partial charge in [-0.2, -0.15) is 0 Å². The fourth-order valence-corrected chi connectivity index (χ4v) is 3.50. The maximum absolute atomic E-state index is 12.7. The van der Waals surface area contributed by atoms with E-state index in [1.54, 1.807) is 4.31 Å². The topological polar surface area (TPSA) is 20.3 Å². The molecule has 1 saturated heterocycles. The monoisotopic (exact) mass is 305 g/mol. The quantitative estimate of drug-likeness (QED) is 0.841. The second-order valence-corrected chi connectivity index (χ2v) is 6.15. The zero-order valence-electron chi connectivity index (χ0n) is 8.73. The second-order valence-electron chi connectivity index (χ2n) is 3.79. The average Bonchev–Trinajstić information content (AvgIpc) is 2.77. The van der Waals surface area contributed by atoms with E-state index in [9.17, 15) is 8.60 Å². The van der Waals surface area contributed by atoms with Crippen LogP contribution in [0.4, 0.5) is 4.39 Å². The highest BCUT2D eigenvalue weighted by Crippen LogP contribution is 2.24. The summed E-state index contributed by atoms with van der Waals surface area (Å²) >= 11 is 3.33. The third kappa shape index (κ3) is 2.52. The van der Waals surface area contributed by atoms with Crippen LogP contribution in [-0.4, -0.2) is 27.8 Å². The molecule has 1 unspecified atom stereocenters. The van der Waals surface area contributed by atoms with Gasteiger partial charge in [-0.05, 0) is 37.1 Å². The number of nitrogens with zero attached hydrogens (tertiary/aromatic N) is 1. The molecule has 0 bridgehead atoms. The maximum atomic E-state index is 12.7. The largest absolute Gasteiger partial charge is 0.249 e. The predicted octanol–water partition coefficient (Wildman–Crippen LogP) is 2.91. The molecule has 0 saturated carbocycles. The summed E-state index contributed by atoms with van der Waals surface area (Å²) in [6.07, 6.45) is 1.73. The minimum Gasteiger partial charge on any atom is -0.249 e. The number of hydrogen-bond acceptors (Lipinski definition) is 1. The highest BCUT2D eigenvalue weighted by atomic mass is 79.9. The second kappa shape index (κ2) is 5.38. The molecule has 1 aliphatic heterocycles. The Morgan fingerprint density at radius 2 is 2.12 bits per heavy atom. The van der Waals surface area contributed by atoms with Gasteiger partial charge in [-0.15, -0.1) is 0 Å². The van der Waals surface area contributed by atoms with Crippen molar-refractivity contribution in [2.75, 3.05) is 13.2 Å². The van der Waals surface area contributed by atoms with Crippen molar-refractivity contribution in [1.29, 1.82) is 0 Å². The van der Waals surface area contributed by atoms with Crippen LogP contribution in [0.1, 0.15) is 12.8 Å². The van der Waals surface area contributed by atoms with Crippen LogP contribution < -0.4 is 0 Å². The summed E-state index contributed by atoms with van der Waals surface area (Å²) in [5, 5.41) is 0. The molecule has 1 aromatic carbocycles. The number of rotatable bonds is 3. The summed E-state index contributed by atoms with van der Waals surface area (Å²) in [5.74, 6) is 0. The van der Waals surface area contributed by atoms with Crippen LogP contribution in [0.5, 0.6) is 0 Å². The Hall–Kier alpha value is -0.260. The fraction of sp³-hybridized carbons (Fsp3) is 0.455. The molecular weight excluding hydrogens is 293 g/mol. The molecule has 0 spiro atoms. The Labute approximate surface area is 106 Å². The van der Waals surface area contributed by atoms with Gasteiger partial charge in [0.25, 0.3) is 0 Å². The Bertz CT molecular complexity index is 384. The summed E-state index contributed by atoms with van der Waals surface area (Å²) < 4.78 is 27.6. The highest BCUT2D eigenvalue weighted by Gasteiger charge is 2.29. The van der Waals surface area contributed by atoms with Crippen LogP contribution in [0.2, 0.25) is 0 Å². The van der Waals surface area contributed by atoms with Crippen LogP contribution in [0, 0.1) is 0 Å². The van der Waals surface area contributed by atoms with E-state index < -0.39 is 17.7 Å². The van der Waals surface area contributed by atoms with Gasteiger partial charge in [0.2, 0.25) is 0 Å². The maximum Gasteiger partial charge on any atom is 0.127 e. The van der Waals surface area contributed by atoms with Gasteiger partial charge in [0.15, 0.2) is 0 Å². The molecule has 5 heteroatoms. The molecule has 2 nitrogen and oxygen atoms in total. The van der Waals surface area contributed by atoms with Gasteiger partial charge >= 0.3 is 0 Å². The lowest BCUT2D eigenvalue weighted by atomic mass is 10.2. The van der Waals surface area contributed by atoms with Gasteiger partial charge in [0.1, 0.15) is 17.7 Å². The summed E-state index contributed by atoms with van der Waals surface area (Å²) in [7, 11) is -1.22. The van der Waals surface area contributed by atoms with E-state index in [-0.39, 0.29) is 6.04 Å². The Balaban J connectivity index is 2.15. The van der Waals surface area contributed by atoms with Gasteiger partial charge in [0, 0.05) is 11.0 Å². The molecule has 1 aromatic rings. The van der Waals surface area contributed by atoms with Gasteiger partial charge in [-0.3, -0.25) is 0 Å². The van der Waals surface area contributed by atoms with Gasteiger partial charge in [-0.1, -0.05) is 15.9 Å². The summed E-state index contributed by atoms with van der Waals surface area (Å²) in [6.45, 7) is 0.305. The molecule has 2 rings (SSSR count). The van der Waals surface area contributed by atoms with E-state index in [0.29, 0.717) is 0 Å². The zero-order valence-corrected chi connectivity index (χ0v) is 11.1. The fourth-order valence-electron chi connectivity index (χ4n) is 1.87. The standard InChI is InChI=1S/C11H13BrFNOS/c12-9-3-5-11(6-4-9)16(15)14-7-1-2-10(14)8-13/h3-6,10H,1-2,7-8H2/t10-,16?/m1/s1. The predicted molar refractivity (Wildman–Crippen MR) is 66.3 cm³/mol. The zero-order chi connectivity index (χ0) is 11.5. The van der Waals surface area contributed by atoms with E-state index in [1.165, 1.54) is 0 Å². The van der Waals surface area contributed by atoms with Crippen molar-refractivity contribution in [2.45, 2.75) is 23.8 Å². The third-order valence-corrected chi connectivity index (χ3v) is 4.84. The molecule has 1 fully saturated rings. The molecule has 0 aromatic heterocycles.